The zero-order valence-electron chi connectivity index (χ0n) is 8.47. The number of carboxylic acid groups (broad SMARTS) is 1. The molecule has 0 unspecified atom stereocenters. The molecule has 1 aliphatic carbocycles. The number of carbonyl (C=O) groups is 1. The van der Waals surface area contributed by atoms with E-state index in [9.17, 15) is 9.90 Å². The first-order valence-electron chi connectivity index (χ1n) is 4.86. The molecule has 0 bridgehead atoms. The van der Waals surface area contributed by atoms with E-state index in [0.717, 1.165) is 24.8 Å². The topological polar surface area (TPSA) is 37.3 Å². The molecule has 1 N–H and O–H groups in total. The van der Waals surface area contributed by atoms with E-state index in [4.69, 9.17) is 0 Å². The Kier molecular flexibility index (Phi) is 2.79. The first-order chi connectivity index (χ1) is 5.96. The summed E-state index contributed by atoms with van der Waals surface area (Å²) in [5, 5.41) is 9.19. The van der Waals surface area contributed by atoms with Gasteiger partial charge in [-0.05, 0) is 31.6 Å². The van der Waals surface area contributed by atoms with Crippen LogP contribution in [0.15, 0.2) is 12.2 Å². The van der Waals surface area contributed by atoms with Crippen molar-refractivity contribution >= 4 is 5.97 Å². The molecular weight excluding hydrogens is 164 g/mol. The van der Waals surface area contributed by atoms with Gasteiger partial charge >= 0.3 is 5.97 Å². The van der Waals surface area contributed by atoms with E-state index in [-0.39, 0.29) is 0 Å². The zero-order valence-corrected chi connectivity index (χ0v) is 8.47. The van der Waals surface area contributed by atoms with Gasteiger partial charge in [0.25, 0.3) is 0 Å². The Morgan fingerprint density at radius 1 is 1.69 bits per heavy atom. The maximum absolute atomic E-state index is 11.2. The molecule has 1 fully saturated rings. The number of hydrogen-bond acceptors (Lipinski definition) is 1. The highest BCUT2D eigenvalue weighted by atomic mass is 16.4. The van der Waals surface area contributed by atoms with E-state index >= 15 is 0 Å². The van der Waals surface area contributed by atoms with E-state index in [2.05, 4.69) is 20.4 Å². The largest absolute Gasteiger partial charge is 0.481 e. The van der Waals surface area contributed by atoms with Crippen molar-refractivity contribution in [3.05, 3.63) is 12.2 Å². The van der Waals surface area contributed by atoms with Gasteiger partial charge in [0, 0.05) is 0 Å². The molecule has 74 valence electrons. The summed E-state index contributed by atoms with van der Waals surface area (Å²) in [7, 11) is 0. The summed E-state index contributed by atoms with van der Waals surface area (Å²) in [6.07, 6.45) is 3.13. The predicted molar refractivity (Wildman–Crippen MR) is 52.5 cm³/mol. The van der Waals surface area contributed by atoms with Crippen molar-refractivity contribution in [1.29, 1.82) is 0 Å². The van der Waals surface area contributed by atoms with Crippen molar-refractivity contribution in [2.75, 3.05) is 0 Å². The molecule has 0 aliphatic heterocycles. The van der Waals surface area contributed by atoms with Crippen LogP contribution in [0, 0.1) is 11.3 Å². The van der Waals surface area contributed by atoms with E-state index in [1.165, 1.54) is 0 Å². The lowest BCUT2D eigenvalue weighted by atomic mass is 9.78. The minimum Gasteiger partial charge on any atom is -0.481 e. The molecule has 1 atom stereocenters. The SMILES string of the molecule is C=C1CC[C@@](CC(C)C)(C(=O)O)C1. The van der Waals surface area contributed by atoms with Crippen molar-refractivity contribution in [1.82, 2.24) is 0 Å². The summed E-state index contributed by atoms with van der Waals surface area (Å²) in [5.41, 5.74) is 0.605. The lowest BCUT2D eigenvalue weighted by molar-refractivity contribution is -0.149. The van der Waals surface area contributed by atoms with Crippen LogP contribution in [0.2, 0.25) is 0 Å². The third-order valence-electron chi connectivity index (χ3n) is 2.80. The second kappa shape index (κ2) is 3.52. The number of allylic oxidation sites excluding steroid dienone is 1. The molecule has 1 saturated carbocycles. The Balaban J connectivity index is 2.77. The van der Waals surface area contributed by atoms with Gasteiger partial charge < -0.3 is 5.11 Å². The van der Waals surface area contributed by atoms with Gasteiger partial charge in [-0.2, -0.15) is 0 Å². The second-order valence-electron chi connectivity index (χ2n) is 4.61. The standard InChI is InChI=1S/C11H18O2/c1-8(2)6-11(10(12)13)5-4-9(3)7-11/h8H,3-7H2,1-2H3,(H,12,13)/t11-/m0/s1. The average molecular weight is 182 g/mol. The number of rotatable bonds is 3. The van der Waals surface area contributed by atoms with Crippen LogP contribution >= 0.6 is 0 Å². The van der Waals surface area contributed by atoms with Crippen LogP contribution in [-0.2, 0) is 4.79 Å². The van der Waals surface area contributed by atoms with E-state index in [0.29, 0.717) is 12.3 Å². The van der Waals surface area contributed by atoms with Crippen molar-refractivity contribution in [2.45, 2.75) is 39.5 Å². The molecule has 13 heavy (non-hydrogen) atoms. The summed E-state index contributed by atoms with van der Waals surface area (Å²) in [4.78, 5) is 11.2. The number of hydrogen-bond donors (Lipinski definition) is 1. The first-order valence-corrected chi connectivity index (χ1v) is 4.86. The summed E-state index contributed by atoms with van der Waals surface area (Å²) >= 11 is 0. The van der Waals surface area contributed by atoms with E-state index in [1.54, 1.807) is 0 Å². The number of carboxylic acids is 1. The van der Waals surface area contributed by atoms with E-state index in [1.807, 2.05) is 0 Å². The molecule has 2 heteroatoms. The normalized spacial score (nSPS) is 28.4. The van der Waals surface area contributed by atoms with Gasteiger partial charge in [-0.3, -0.25) is 4.79 Å². The monoisotopic (exact) mass is 182 g/mol. The molecule has 0 aromatic heterocycles. The number of aliphatic carboxylic acids is 1. The fourth-order valence-electron chi connectivity index (χ4n) is 2.30. The molecular formula is C11H18O2. The van der Waals surface area contributed by atoms with Gasteiger partial charge in [0.2, 0.25) is 0 Å². The highest BCUT2D eigenvalue weighted by Crippen LogP contribution is 2.45. The third-order valence-corrected chi connectivity index (χ3v) is 2.80. The van der Waals surface area contributed by atoms with Gasteiger partial charge in [0.05, 0.1) is 5.41 Å². The second-order valence-corrected chi connectivity index (χ2v) is 4.61. The van der Waals surface area contributed by atoms with Gasteiger partial charge in [0.1, 0.15) is 0 Å². The van der Waals surface area contributed by atoms with Crippen LogP contribution in [0.25, 0.3) is 0 Å². The minimum absolute atomic E-state index is 0.446. The lowest BCUT2D eigenvalue weighted by Gasteiger charge is -2.25. The van der Waals surface area contributed by atoms with Crippen molar-refractivity contribution in [3.8, 4) is 0 Å². The van der Waals surface area contributed by atoms with Crippen molar-refractivity contribution in [2.24, 2.45) is 11.3 Å². The fraction of sp³-hybridized carbons (Fsp3) is 0.727. The van der Waals surface area contributed by atoms with Crippen LogP contribution in [0.1, 0.15) is 39.5 Å². The fourth-order valence-corrected chi connectivity index (χ4v) is 2.30. The quantitative estimate of drug-likeness (QED) is 0.681. The van der Waals surface area contributed by atoms with Gasteiger partial charge in [-0.1, -0.05) is 26.0 Å². The third kappa shape index (κ3) is 2.11. The Labute approximate surface area is 79.6 Å². The van der Waals surface area contributed by atoms with E-state index < -0.39 is 11.4 Å². The minimum atomic E-state index is -0.639. The van der Waals surface area contributed by atoms with Crippen LogP contribution in [-0.4, -0.2) is 11.1 Å². The molecule has 0 amide bonds. The molecule has 0 spiro atoms. The summed E-state index contributed by atoms with van der Waals surface area (Å²) < 4.78 is 0. The van der Waals surface area contributed by atoms with Crippen molar-refractivity contribution < 1.29 is 9.90 Å². The lowest BCUT2D eigenvalue weighted by Crippen LogP contribution is -2.29. The van der Waals surface area contributed by atoms with Crippen LogP contribution < -0.4 is 0 Å². The highest BCUT2D eigenvalue weighted by Gasteiger charge is 2.42. The highest BCUT2D eigenvalue weighted by molar-refractivity contribution is 5.75. The molecule has 0 radical (unpaired) electrons. The van der Waals surface area contributed by atoms with Gasteiger partial charge in [0.15, 0.2) is 0 Å². The van der Waals surface area contributed by atoms with Gasteiger partial charge in [-0.15, -0.1) is 0 Å². The summed E-state index contributed by atoms with van der Waals surface area (Å²) in [6, 6.07) is 0. The Hall–Kier alpha value is -0.790. The average Bonchev–Trinajstić information content (AvgIpc) is 2.31. The Morgan fingerprint density at radius 3 is 2.62 bits per heavy atom. The summed E-state index contributed by atoms with van der Waals surface area (Å²) in [5.74, 6) is -0.193. The van der Waals surface area contributed by atoms with Crippen LogP contribution in [0.5, 0.6) is 0 Å². The Morgan fingerprint density at radius 2 is 2.31 bits per heavy atom. The zero-order chi connectivity index (χ0) is 10.1. The molecule has 0 saturated heterocycles. The maximum Gasteiger partial charge on any atom is 0.309 e. The summed E-state index contributed by atoms with van der Waals surface area (Å²) in [6.45, 7) is 8.03. The van der Waals surface area contributed by atoms with Crippen LogP contribution in [0.3, 0.4) is 0 Å². The molecule has 1 rings (SSSR count). The molecule has 0 aromatic carbocycles. The van der Waals surface area contributed by atoms with Crippen molar-refractivity contribution in [3.63, 3.8) is 0 Å². The molecule has 2 nitrogen and oxygen atoms in total. The first kappa shape index (κ1) is 10.3. The maximum atomic E-state index is 11.2. The Bertz CT molecular complexity index is 230. The predicted octanol–water partition coefficient (Wildman–Crippen LogP) is 2.84. The molecule has 0 heterocycles. The smallest absolute Gasteiger partial charge is 0.309 e. The molecule has 1 aliphatic rings. The molecule has 0 aromatic rings. The van der Waals surface area contributed by atoms with Crippen LogP contribution in [0.4, 0.5) is 0 Å². The van der Waals surface area contributed by atoms with Gasteiger partial charge in [-0.25, -0.2) is 0 Å².